The van der Waals surface area contributed by atoms with Crippen molar-refractivity contribution in [1.82, 2.24) is 14.8 Å². The lowest BCUT2D eigenvalue weighted by Crippen LogP contribution is -2.43. The lowest BCUT2D eigenvalue weighted by atomic mass is 10.1. The van der Waals surface area contributed by atoms with Gasteiger partial charge >= 0.3 is 0 Å². The predicted molar refractivity (Wildman–Crippen MR) is 146 cm³/mol. The Labute approximate surface area is 219 Å². The Morgan fingerprint density at radius 1 is 1.06 bits per heavy atom. The SMILES string of the molecule is CN1CCN(Cc2ccc(-c3cc4ncc(C#N)c(CNc5ccc(Cl)cc5Cl)c4s3)cc2)CC1. The van der Waals surface area contributed by atoms with Crippen LogP contribution < -0.4 is 5.32 Å². The van der Waals surface area contributed by atoms with Gasteiger partial charge in [-0.2, -0.15) is 5.26 Å². The summed E-state index contributed by atoms with van der Waals surface area (Å²) in [6.45, 7) is 5.92. The molecule has 2 aromatic heterocycles. The Hall–Kier alpha value is -2.66. The molecule has 0 atom stereocenters. The van der Waals surface area contributed by atoms with Gasteiger partial charge in [-0.05, 0) is 42.4 Å². The van der Waals surface area contributed by atoms with Crippen molar-refractivity contribution in [3.63, 3.8) is 0 Å². The topological polar surface area (TPSA) is 55.2 Å². The van der Waals surface area contributed by atoms with Crippen LogP contribution in [0.1, 0.15) is 16.7 Å². The van der Waals surface area contributed by atoms with Crippen LogP contribution in [0.2, 0.25) is 10.0 Å². The van der Waals surface area contributed by atoms with Gasteiger partial charge < -0.3 is 10.2 Å². The van der Waals surface area contributed by atoms with Crippen molar-refractivity contribution in [3.8, 4) is 16.5 Å². The molecular formula is C27H25Cl2N5S. The van der Waals surface area contributed by atoms with E-state index in [0.717, 1.165) is 64.6 Å². The molecule has 0 amide bonds. The second-order valence-electron chi connectivity index (χ2n) is 8.84. The molecular weight excluding hydrogens is 497 g/mol. The van der Waals surface area contributed by atoms with Crippen LogP contribution >= 0.6 is 34.5 Å². The average molecular weight is 523 g/mol. The molecule has 0 saturated carbocycles. The largest absolute Gasteiger partial charge is 0.380 e. The summed E-state index contributed by atoms with van der Waals surface area (Å²) in [7, 11) is 2.18. The molecule has 1 N–H and O–H groups in total. The van der Waals surface area contributed by atoms with Gasteiger partial charge in [-0.3, -0.25) is 9.88 Å². The molecule has 5 rings (SSSR count). The summed E-state index contributed by atoms with van der Waals surface area (Å²) in [4.78, 5) is 10.6. The Kier molecular flexibility index (Phi) is 7.24. The molecule has 178 valence electrons. The van der Waals surface area contributed by atoms with Crippen molar-refractivity contribution in [2.75, 3.05) is 38.5 Å². The number of hydrogen-bond acceptors (Lipinski definition) is 6. The Bertz CT molecular complexity index is 1390. The van der Waals surface area contributed by atoms with Gasteiger partial charge in [0, 0.05) is 60.9 Å². The number of fused-ring (bicyclic) bond motifs is 1. The molecule has 3 heterocycles. The normalized spacial score (nSPS) is 14.8. The van der Waals surface area contributed by atoms with Gasteiger partial charge in [0.25, 0.3) is 0 Å². The zero-order valence-electron chi connectivity index (χ0n) is 19.4. The third kappa shape index (κ3) is 5.45. The molecule has 5 nitrogen and oxygen atoms in total. The van der Waals surface area contributed by atoms with Crippen molar-refractivity contribution >= 4 is 50.4 Å². The molecule has 4 aromatic rings. The van der Waals surface area contributed by atoms with E-state index in [1.165, 1.54) is 5.56 Å². The molecule has 1 fully saturated rings. The maximum atomic E-state index is 9.71. The van der Waals surface area contributed by atoms with Gasteiger partial charge in [0.05, 0.1) is 26.5 Å². The highest BCUT2D eigenvalue weighted by Gasteiger charge is 2.16. The number of rotatable bonds is 6. The highest BCUT2D eigenvalue weighted by Crippen LogP contribution is 2.36. The molecule has 1 saturated heterocycles. The van der Waals surface area contributed by atoms with Gasteiger partial charge in [0.2, 0.25) is 0 Å². The molecule has 0 bridgehead atoms. The fraction of sp³-hybridized carbons (Fsp3) is 0.259. The van der Waals surface area contributed by atoms with E-state index in [0.29, 0.717) is 22.2 Å². The maximum absolute atomic E-state index is 9.71. The van der Waals surface area contributed by atoms with E-state index in [4.69, 9.17) is 23.2 Å². The molecule has 0 radical (unpaired) electrons. The number of pyridine rings is 1. The molecule has 2 aromatic carbocycles. The summed E-state index contributed by atoms with van der Waals surface area (Å²) >= 11 is 14.0. The van der Waals surface area contributed by atoms with E-state index in [1.54, 1.807) is 29.7 Å². The first kappa shape index (κ1) is 24.1. The van der Waals surface area contributed by atoms with Crippen LogP contribution in [0.4, 0.5) is 5.69 Å². The lowest BCUT2D eigenvalue weighted by molar-refractivity contribution is 0.148. The van der Waals surface area contributed by atoms with Crippen LogP contribution in [-0.4, -0.2) is 48.0 Å². The fourth-order valence-electron chi connectivity index (χ4n) is 4.30. The summed E-state index contributed by atoms with van der Waals surface area (Å²) in [5.41, 5.74) is 5.64. The smallest absolute Gasteiger partial charge is 0.101 e. The van der Waals surface area contributed by atoms with Crippen LogP contribution in [0, 0.1) is 11.3 Å². The van der Waals surface area contributed by atoms with Crippen LogP contribution in [0.25, 0.3) is 20.7 Å². The van der Waals surface area contributed by atoms with E-state index < -0.39 is 0 Å². The quantitative estimate of drug-likeness (QED) is 0.313. The standard InChI is InChI=1S/C27H25Cl2N5S/c1-33-8-10-34(11-9-33)17-18-2-4-19(5-3-18)26-13-25-27(35-26)22(20(14-30)15-31-25)16-32-24-7-6-21(28)12-23(24)29/h2-7,12-13,15,32H,8-11,16-17H2,1H3. The first-order valence-corrected chi connectivity index (χ1v) is 13.1. The first-order chi connectivity index (χ1) is 17.0. The van der Waals surface area contributed by atoms with E-state index in [2.05, 4.69) is 63.5 Å². The summed E-state index contributed by atoms with van der Waals surface area (Å²) in [6.07, 6.45) is 1.65. The summed E-state index contributed by atoms with van der Waals surface area (Å²) in [6, 6.07) is 18.5. The Morgan fingerprint density at radius 3 is 2.54 bits per heavy atom. The number of benzene rings is 2. The van der Waals surface area contributed by atoms with Crippen molar-refractivity contribution in [2.45, 2.75) is 13.1 Å². The molecule has 35 heavy (non-hydrogen) atoms. The lowest BCUT2D eigenvalue weighted by Gasteiger charge is -2.32. The molecule has 0 spiro atoms. The summed E-state index contributed by atoms with van der Waals surface area (Å²) in [5, 5.41) is 14.2. The number of nitriles is 1. The van der Waals surface area contributed by atoms with Gasteiger partial charge in [0.1, 0.15) is 6.07 Å². The molecule has 8 heteroatoms. The predicted octanol–water partition coefficient (Wildman–Crippen LogP) is 6.50. The fourth-order valence-corrected chi connectivity index (χ4v) is 5.94. The van der Waals surface area contributed by atoms with Gasteiger partial charge in [-0.15, -0.1) is 11.3 Å². The van der Waals surface area contributed by atoms with Crippen LogP contribution in [-0.2, 0) is 13.1 Å². The third-order valence-electron chi connectivity index (χ3n) is 6.39. The van der Waals surface area contributed by atoms with Crippen molar-refractivity contribution in [2.24, 2.45) is 0 Å². The first-order valence-electron chi connectivity index (χ1n) is 11.5. The highest BCUT2D eigenvalue weighted by atomic mass is 35.5. The Morgan fingerprint density at radius 2 is 1.83 bits per heavy atom. The third-order valence-corrected chi connectivity index (χ3v) is 8.17. The summed E-state index contributed by atoms with van der Waals surface area (Å²) < 4.78 is 1.01. The van der Waals surface area contributed by atoms with E-state index in [9.17, 15) is 5.26 Å². The molecule has 1 aliphatic rings. The number of aromatic nitrogens is 1. The average Bonchev–Trinajstić information content (AvgIpc) is 3.30. The maximum Gasteiger partial charge on any atom is 0.101 e. The number of nitrogens with zero attached hydrogens (tertiary/aromatic N) is 4. The van der Waals surface area contributed by atoms with Crippen LogP contribution in [0.3, 0.4) is 0 Å². The highest BCUT2D eigenvalue weighted by molar-refractivity contribution is 7.22. The monoisotopic (exact) mass is 521 g/mol. The second kappa shape index (κ2) is 10.5. The van der Waals surface area contributed by atoms with Gasteiger partial charge in [-0.1, -0.05) is 47.5 Å². The molecule has 0 unspecified atom stereocenters. The van der Waals surface area contributed by atoms with Crippen molar-refractivity contribution in [3.05, 3.63) is 81.5 Å². The number of piperazine rings is 1. The van der Waals surface area contributed by atoms with E-state index >= 15 is 0 Å². The molecule has 1 aliphatic heterocycles. The zero-order valence-corrected chi connectivity index (χ0v) is 21.7. The number of thiophene rings is 1. The van der Waals surface area contributed by atoms with Gasteiger partial charge in [0.15, 0.2) is 0 Å². The van der Waals surface area contributed by atoms with Crippen LogP contribution in [0.15, 0.2) is 54.7 Å². The second-order valence-corrected chi connectivity index (χ2v) is 10.7. The number of anilines is 1. The minimum absolute atomic E-state index is 0.465. The minimum Gasteiger partial charge on any atom is -0.380 e. The Balaban J connectivity index is 1.37. The zero-order chi connectivity index (χ0) is 24.4. The van der Waals surface area contributed by atoms with Crippen LogP contribution in [0.5, 0.6) is 0 Å². The number of nitrogens with one attached hydrogen (secondary N) is 1. The van der Waals surface area contributed by atoms with Gasteiger partial charge in [-0.25, -0.2) is 0 Å². The van der Waals surface area contributed by atoms with E-state index in [-0.39, 0.29) is 0 Å². The number of hydrogen-bond donors (Lipinski definition) is 1. The van der Waals surface area contributed by atoms with E-state index in [1.807, 2.05) is 6.07 Å². The summed E-state index contributed by atoms with van der Waals surface area (Å²) in [5.74, 6) is 0. The minimum atomic E-state index is 0.465. The van der Waals surface area contributed by atoms with Crippen molar-refractivity contribution in [1.29, 1.82) is 5.26 Å². The number of halogens is 2. The molecule has 0 aliphatic carbocycles. The van der Waals surface area contributed by atoms with Crippen molar-refractivity contribution < 1.29 is 0 Å². The number of likely N-dealkylation sites (N-methyl/N-ethyl adjacent to an activating group) is 1.